The van der Waals surface area contributed by atoms with Gasteiger partial charge in [0.1, 0.15) is 5.82 Å². The first-order valence-corrected chi connectivity index (χ1v) is 7.20. The van der Waals surface area contributed by atoms with E-state index in [1.807, 2.05) is 48.0 Å². The Hall–Kier alpha value is -2.27. The van der Waals surface area contributed by atoms with E-state index in [9.17, 15) is 0 Å². The van der Waals surface area contributed by atoms with Gasteiger partial charge in [-0.25, -0.2) is 9.97 Å². The topological polar surface area (TPSA) is 54.2 Å². The highest BCUT2D eigenvalue weighted by Crippen LogP contribution is 2.17. The quantitative estimate of drug-likeness (QED) is 0.758. The molecule has 0 aliphatic carbocycles. The van der Waals surface area contributed by atoms with Gasteiger partial charge in [-0.2, -0.15) is 0 Å². The lowest BCUT2D eigenvalue weighted by Crippen LogP contribution is -2.07. The maximum Gasteiger partial charge on any atom is 0.180 e. The van der Waals surface area contributed by atoms with Crippen molar-refractivity contribution in [3.8, 4) is 0 Å². The molecule has 21 heavy (non-hydrogen) atoms. The molecule has 0 aliphatic heterocycles. The van der Waals surface area contributed by atoms with Crippen LogP contribution in [0.1, 0.15) is 12.5 Å². The fourth-order valence-electron chi connectivity index (χ4n) is 2.10. The van der Waals surface area contributed by atoms with E-state index in [0.717, 1.165) is 34.4 Å². The van der Waals surface area contributed by atoms with Crippen molar-refractivity contribution < 1.29 is 0 Å². The number of imidazole rings is 1. The molecule has 108 valence electrons. The van der Waals surface area contributed by atoms with Gasteiger partial charge in [-0.3, -0.25) is 0 Å². The second kappa shape index (κ2) is 6.01. The lowest BCUT2D eigenvalue weighted by Gasteiger charge is -2.10. The summed E-state index contributed by atoms with van der Waals surface area (Å²) in [5.74, 6) is 1.58. The third-order valence-corrected chi connectivity index (χ3v) is 3.36. The zero-order valence-corrected chi connectivity index (χ0v) is 12.4. The summed E-state index contributed by atoms with van der Waals surface area (Å²) in [4.78, 5) is 8.90. The van der Waals surface area contributed by atoms with Gasteiger partial charge in [0, 0.05) is 30.5 Å². The number of hydrogen-bond acceptors (Lipinski definition) is 4. The highest BCUT2D eigenvalue weighted by molar-refractivity contribution is 6.30. The molecule has 2 aromatic heterocycles. The van der Waals surface area contributed by atoms with Crippen molar-refractivity contribution >= 4 is 28.9 Å². The second-order valence-corrected chi connectivity index (χ2v) is 5.08. The first kappa shape index (κ1) is 13.7. The smallest absolute Gasteiger partial charge is 0.180 e. The van der Waals surface area contributed by atoms with E-state index >= 15 is 0 Å². The third kappa shape index (κ3) is 3.08. The van der Waals surface area contributed by atoms with E-state index in [-0.39, 0.29) is 0 Å². The van der Waals surface area contributed by atoms with Crippen molar-refractivity contribution in [1.82, 2.24) is 14.4 Å². The maximum absolute atomic E-state index is 5.89. The first-order chi connectivity index (χ1) is 10.3. The summed E-state index contributed by atoms with van der Waals surface area (Å²) in [5, 5.41) is 7.29. The van der Waals surface area contributed by atoms with Crippen LogP contribution in [0.3, 0.4) is 0 Å². The number of aromatic nitrogens is 3. The van der Waals surface area contributed by atoms with Crippen LogP contribution in [0.4, 0.5) is 11.6 Å². The maximum atomic E-state index is 5.89. The SMILES string of the molecule is CCNc1cn2ccnc2c(NCc2ccc(Cl)cc2)n1. The molecule has 6 heteroatoms. The Morgan fingerprint density at radius 3 is 2.76 bits per heavy atom. The molecular weight excluding hydrogens is 286 g/mol. The number of halogens is 1. The zero-order chi connectivity index (χ0) is 14.7. The molecule has 2 N–H and O–H groups in total. The monoisotopic (exact) mass is 301 g/mol. The summed E-state index contributed by atoms with van der Waals surface area (Å²) in [7, 11) is 0. The van der Waals surface area contributed by atoms with Crippen LogP contribution in [0.25, 0.3) is 5.65 Å². The van der Waals surface area contributed by atoms with Gasteiger partial charge in [-0.05, 0) is 24.6 Å². The van der Waals surface area contributed by atoms with Crippen LogP contribution in [-0.2, 0) is 6.54 Å². The average molecular weight is 302 g/mol. The Kier molecular flexibility index (Phi) is 3.92. The van der Waals surface area contributed by atoms with Crippen molar-refractivity contribution in [2.75, 3.05) is 17.2 Å². The second-order valence-electron chi connectivity index (χ2n) is 4.64. The van der Waals surface area contributed by atoms with Gasteiger partial charge in [-0.1, -0.05) is 23.7 Å². The molecule has 0 saturated heterocycles. The van der Waals surface area contributed by atoms with Crippen molar-refractivity contribution in [2.24, 2.45) is 0 Å². The van der Waals surface area contributed by atoms with Gasteiger partial charge in [0.05, 0.1) is 6.20 Å². The number of anilines is 2. The largest absolute Gasteiger partial charge is 0.369 e. The van der Waals surface area contributed by atoms with E-state index in [4.69, 9.17) is 11.6 Å². The Labute approximate surface area is 128 Å². The van der Waals surface area contributed by atoms with Crippen LogP contribution in [-0.4, -0.2) is 20.9 Å². The molecule has 3 rings (SSSR count). The molecule has 2 heterocycles. The predicted octanol–water partition coefficient (Wildman–Crippen LogP) is 3.43. The lowest BCUT2D eigenvalue weighted by molar-refractivity contribution is 1.05. The summed E-state index contributed by atoms with van der Waals surface area (Å²) in [5.41, 5.74) is 1.95. The number of rotatable bonds is 5. The fraction of sp³-hybridized carbons (Fsp3) is 0.200. The van der Waals surface area contributed by atoms with E-state index in [0.29, 0.717) is 6.54 Å². The summed E-state index contributed by atoms with van der Waals surface area (Å²) in [6, 6.07) is 7.75. The molecule has 0 aliphatic rings. The molecule has 0 unspecified atom stereocenters. The van der Waals surface area contributed by atoms with Crippen LogP contribution >= 0.6 is 11.6 Å². The minimum absolute atomic E-state index is 0.669. The molecule has 5 nitrogen and oxygen atoms in total. The highest BCUT2D eigenvalue weighted by Gasteiger charge is 2.07. The van der Waals surface area contributed by atoms with Gasteiger partial charge in [0.15, 0.2) is 11.5 Å². The summed E-state index contributed by atoms with van der Waals surface area (Å²) in [6.07, 6.45) is 5.60. The van der Waals surface area contributed by atoms with Gasteiger partial charge in [0.2, 0.25) is 0 Å². The van der Waals surface area contributed by atoms with Crippen molar-refractivity contribution in [2.45, 2.75) is 13.5 Å². The fourth-order valence-corrected chi connectivity index (χ4v) is 2.23. The molecule has 0 atom stereocenters. The van der Waals surface area contributed by atoms with Gasteiger partial charge < -0.3 is 15.0 Å². The third-order valence-electron chi connectivity index (χ3n) is 3.11. The Morgan fingerprint density at radius 2 is 2.00 bits per heavy atom. The van der Waals surface area contributed by atoms with Crippen LogP contribution in [0.5, 0.6) is 0 Å². The molecular formula is C15H16ClN5. The summed E-state index contributed by atoms with van der Waals surface area (Å²) < 4.78 is 1.95. The van der Waals surface area contributed by atoms with Crippen LogP contribution < -0.4 is 10.6 Å². The van der Waals surface area contributed by atoms with Crippen molar-refractivity contribution in [1.29, 1.82) is 0 Å². The Morgan fingerprint density at radius 1 is 1.19 bits per heavy atom. The minimum atomic E-state index is 0.669. The molecule has 0 radical (unpaired) electrons. The lowest BCUT2D eigenvalue weighted by atomic mass is 10.2. The number of benzene rings is 1. The van der Waals surface area contributed by atoms with Crippen molar-refractivity contribution in [3.05, 3.63) is 53.4 Å². The zero-order valence-electron chi connectivity index (χ0n) is 11.7. The summed E-state index contributed by atoms with van der Waals surface area (Å²) in [6.45, 7) is 3.53. The van der Waals surface area contributed by atoms with Crippen LogP contribution in [0, 0.1) is 0 Å². The normalized spacial score (nSPS) is 10.8. The molecule has 3 aromatic rings. The van der Waals surface area contributed by atoms with Crippen molar-refractivity contribution in [3.63, 3.8) is 0 Å². The first-order valence-electron chi connectivity index (χ1n) is 6.82. The number of nitrogens with one attached hydrogen (secondary N) is 2. The summed E-state index contributed by atoms with van der Waals surface area (Å²) >= 11 is 5.89. The molecule has 0 amide bonds. The predicted molar refractivity (Wildman–Crippen MR) is 85.9 cm³/mol. The van der Waals surface area contributed by atoms with E-state index in [1.165, 1.54) is 0 Å². The number of fused-ring (bicyclic) bond motifs is 1. The van der Waals surface area contributed by atoms with Gasteiger partial charge in [-0.15, -0.1) is 0 Å². The Balaban J connectivity index is 1.84. The Bertz CT molecular complexity index is 735. The molecule has 0 fully saturated rings. The molecule has 1 aromatic carbocycles. The number of nitrogens with zero attached hydrogens (tertiary/aromatic N) is 3. The molecule has 0 saturated carbocycles. The highest BCUT2D eigenvalue weighted by atomic mass is 35.5. The standard InChI is InChI=1S/C15H16ClN5/c1-2-17-13-10-21-8-7-18-15(21)14(20-13)19-9-11-3-5-12(16)6-4-11/h3-8,10,17H,2,9H2,1H3,(H,19,20). The van der Waals surface area contributed by atoms with Gasteiger partial charge in [0.25, 0.3) is 0 Å². The van der Waals surface area contributed by atoms with Crippen LogP contribution in [0.15, 0.2) is 42.9 Å². The van der Waals surface area contributed by atoms with E-state index < -0.39 is 0 Å². The van der Waals surface area contributed by atoms with Gasteiger partial charge >= 0.3 is 0 Å². The van der Waals surface area contributed by atoms with E-state index in [2.05, 4.69) is 20.6 Å². The van der Waals surface area contributed by atoms with E-state index in [1.54, 1.807) is 6.20 Å². The molecule has 0 spiro atoms. The average Bonchev–Trinajstić information content (AvgIpc) is 2.95. The number of hydrogen-bond donors (Lipinski definition) is 2. The van der Waals surface area contributed by atoms with Crippen LogP contribution in [0.2, 0.25) is 5.02 Å². The minimum Gasteiger partial charge on any atom is -0.369 e. The molecule has 0 bridgehead atoms.